The van der Waals surface area contributed by atoms with Gasteiger partial charge in [-0.1, -0.05) is 0 Å². The van der Waals surface area contributed by atoms with Crippen LogP contribution in [-0.2, 0) is 10.5 Å². The molecule has 0 aliphatic heterocycles. The van der Waals surface area contributed by atoms with Gasteiger partial charge in [0.25, 0.3) is 5.91 Å². The first kappa shape index (κ1) is 16.5. The minimum atomic E-state index is -0.704. The molecule has 0 fully saturated rings. The van der Waals surface area contributed by atoms with Crippen molar-refractivity contribution in [3.05, 3.63) is 28.3 Å². The van der Waals surface area contributed by atoms with Crippen molar-refractivity contribution < 1.29 is 4.79 Å². The van der Waals surface area contributed by atoms with Crippen LogP contribution < -0.4 is 11.1 Å². The molecule has 0 spiro atoms. The number of nitrogens with two attached hydrogens (primary N) is 1. The van der Waals surface area contributed by atoms with Crippen molar-refractivity contribution in [3.63, 3.8) is 0 Å². The first-order valence-electron chi connectivity index (χ1n) is 5.88. The average molecular weight is 311 g/mol. The number of rotatable bonds is 8. The minimum Gasteiger partial charge on any atom is -0.378 e. The van der Waals surface area contributed by atoms with Crippen molar-refractivity contribution in [3.8, 4) is 6.07 Å². The standard InChI is InChI=1S/C12H17N5OS2/c1-8-10(17-7-16-8)6-20-4-3-15-12(19-2)9(5-13)11(14)18/h7,15H,3-4,6H2,1-2H3,(H2,14,18)(H,16,17). The summed E-state index contributed by atoms with van der Waals surface area (Å²) in [6.45, 7) is 2.64. The SMILES string of the molecule is CSC(NCCSCc1nc[nH]c1C)=C(C#N)C(N)=O. The maximum absolute atomic E-state index is 11.1. The number of nitrogens with one attached hydrogen (secondary N) is 2. The number of thioether (sulfide) groups is 2. The average Bonchev–Trinajstić information content (AvgIpc) is 2.82. The molecule has 0 saturated heterocycles. The Bertz CT molecular complexity index is 532. The van der Waals surface area contributed by atoms with Gasteiger partial charge in [0, 0.05) is 23.7 Å². The predicted octanol–water partition coefficient (Wildman–Crippen LogP) is 1.12. The topological polar surface area (TPSA) is 108 Å². The number of amides is 1. The van der Waals surface area contributed by atoms with Crippen LogP contribution >= 0.6 is 23.5 Å². The van der Waals surface area contributed by atoms with Gasteiger partial charge in [0.2, 0.25) is 0 Å². The number of primary amides is 1. The number of aromatic amines is 1. The van der Waals surface area contributed by atoms with E-state index in [1.807, 2.05) is 13.0 Å². The van der Waals surface area contributed by atoms with Gasteiger partial charge in [-0.05, 0) is 13.2 Å². The Kier molecular flexibility index (Phi) is 7.04. The van der Waals surface area contributed by atoms with Crippen molar-refractivity contribution >= 4 is 29.4 Å². The first-order valence-corrected chi connectivity index (χ1v) is 8.26. The second-order valence-electron chi connectivity index (χ2n) is 3.84. The lowest BCUT2D eigenvalue weighted by Gasteiger charge is -2.09. The second-order valence-corrected chi connectivity index (χ2v) is 5.76. The van der Waals surface area contributed by atoms with Crippen molar-refractivity contribution in [2.75, 3.05) is 18.6 Å². The fourth-order valence-corrected chi connectivity index (χ4v) is 2.89. The van der Waals surface area contributed by atoms with Crippen LogP contribution in [0.15, 0.2) is 16.9 Å². The number of hydrogen-bond acceptors (Lipinski definition) is 6. The summed E-state index contributed by atoms with van der Waals surface area (Å²) in [6, 6.07) is 1.82. The third kappa shape index (κ3) is 4.83. The van der Waals surface area contributed by atoms with Crippen LogP contribution in [0.25, 0.3) is 0 Å². The highest BCUT2D eigenvalue weighted by Gasteiger charge is 2.11. The lowest BCUT2D eigenvalue weighted by Crippen LogP contribution is -2.22. The number of carbonyl (C=O) groups is 1. The molecule has 0 bridgehead atoms. The van der Waals surface area contributed by atoms with Crippen LogP contribution in [0.4, 0.5) is 0 Å². The van der Waals surface area contributed by atoms with Crippen LogP contribution in [0.2, 0.25) is 0 Å². The molecule has 0 unspecified atom stereocenters. The third-order valence-electron chi connectivity index (χ3n) is 2.49. The van der Waals surface area contributed by atoms with Crippen LogP contribution in [0.3, 0.4) is 0 Å². The minimum absolute atomic E-state index is 0.0226. The fourth-order valence-electron chi connectivity index (χ4n) is 1.42. The Labute approximate surface area is 126 Å². The second kappa shape index (κ2) is 8.55. The van der Waals surface area contributed by atoms with E-state index in [1.165, 1.54) is 11.8 Å². The number of nitriles is 1. The molecule has 1 amide bonds. The van der Waals surface area contributed by atoms with Crippen LogP contribution in [-0.4, -0.2) is 34.4 Å². The van der Waals surface area contributed by atoms with Crippen LogP contribution in [0, 0.1) is 18.3 Å². The number of aromatic nitrogens is 2. The Morgan fingerprint density at radius 1 is 1.65 bits per heavy atom. The van der Waals surface area contributed by atoms with E-state index in [2.05, 4.69) is 15.3 Å². The molecular weight excluding hydrogens is 294 g/mol. The summed E-state index contributed by atoms with van der Waals surface area (Å²) in [6.07, 6.45) is 3.48. The molecule has 0 aromatic carbocycles. The zero-order valence-corrected chi connectivity index (χ0v) is 13.0. The molecule has 1 heterocycles. The maximum Gasteiger partial charge on any atom is 0.262 e. The summed E-state index contributed by atoms with van der Waals surface area (Å²) in [5, 5.41) is 12.5. The largest absolute Gasteiger partial charge is 0.378 e. The van der Waals surface area contributed by atoms with E-state index >= 15 is 0 Å². The number of aryl methyl sites for hydroxylation is 1. The lowest BCUT2D eigenvalue weighted by molar-refractivity contribution is -0.114. The lowest BCUT2D eigenvalue weighted by atomic mass is 10.3. The molecule has 1 aromatic heterocycles. The van der Waals surface area contributed by atoms with E-state index in [1.54, 1.807) is 24.3 Å². The Balaban J connectivity index is 2.38. The van der Waals surface area contributed by atoms with Crippen molar-refractivity contribution in [2.24, 2.45) is 5.73 Å². The van der Waals surface area contributed by atoms with Crippen molar-refractivity contribution in [1.29, 1.82) is 5.26 Å². The first-order chi connectivity index (χ1) is 9.60. The highest BCUT2D eigenvalue weighted by Crippen LogP contribution is 2.15. The smallest absolute Gasteiger partial charge is 0.262 e. The fraction of sp³-hybridized carbons (Fsp3) is 0.417. The number of H-pyrrole nitrogens is 1. The van der Waals surface area contributed by atoms with Crippen LogP contribution in [0.5, 0.6) is 0 Å². The summed E-state index contributed by atoms with van der Waals surface area (Å²) in [5.74, 6) is 0.966. The molecule has 0 radical (unpaired) electrons. The summed E-state index contributed by atoms with van der Waals surface area (Å²) in [5.41, 5.74) is 7.25. The van der Waals surface area contributed by atoms with Gasteiger partial charge in [0.15, 0.2) is 0 Å². The Morgan fingerprint density at radius 3 is 2.90 bits per heavy atom. The zero-order chi connectivity index (χ0) is 15.0. The molecule has 0 aliphatic rings. The summed E-state index contributed by atoms with van der Waals surface area (Å²) in [7, 11) is 0. The molecule has 0 aliphatic carbocycles. The van der Waals surface area contributed by atoms with Gasteiger partial charge in [-0.15, -0.1) is 11.8 Å². The van der Waals surface area contributed by atoms with Crippen molar-refractivity contribution in [1.82, 2.24) is 15.3 Å². The zero-order valence-electron chi connectivity index (χ0n) is 11.4. The van der Waals surface area contributed by atoms with E-state index in [9.17, 15) is 4.79 Å². The van der Waals surface area contributed by atoms with E-state index in [-0.39, 0.29) is 5.57 Å². The Hall–Kier alpha value is -1.59. The molecule has 8 heteroatoms. The van der Waals surface area contributed by atoms with Gasteiger partial charge in [-0.3, -0.25) is 4.79 Å². The summed E-state index contributed by atoms with van der Waals surface area (Å²) >= 11 is 3.04. The molecule has 1 aromatic rings. The van der Waals surface area contributed by atoms with E-state index in [0.29, 0.717) is 11.6 Å². The van der Waals surface area contributed by atoms with E-state index in [0.717, 1.165) is 22.9 Å². The van der Waals surface area contributed by atoms with Gasteiger partial charge in [0.1, 0.15) is 11.6 Å². The summed E-state index contributed by atoms with van der Waals surface area (Å²) in [4.78, 5) is 18.3. The molecular formula is C12H17N5OS2. The number of carbonyl (C=O) groups excluding carboxylic acids is 1. The van der Waals surface area contributed by atoms with E-state index < -0.39 is 5.91 Å². The van der Waals surface area contributed by atoms with Gasteiger partial charge in [-0.25, -0.2) is 4.98 Å². The predicted molar refractivity (Wildman–Crippen MR) is 82.8 cm³/mol. The summed E-state index contributed by atoms with van der Waals surface area (Å²) < 4.78 is 0. The molecule has 0 saturated carbocycles. The van der Waals surface area contributed by atoms with Gasteiger partial charge in [-0.2, -0.15) is 17.0 Å². The monoisotopic (exact) mass is 311 g/mol. The highest BCUT2D eigenvalue weighted by molar-refractivity contribution is 8.02. The molecule has 4 N–H and O–H groups in total. The molecule has 0 atom stereocenters. The number of imidazole rings is 1. The number of nitrogens with zero attached hydrogens (tertiary/aromatic N) is 2. The van der Waals surface area contributed by atoms with Crippen molar-refractivity contribution in [2.45, 2.75) is 12.7 Å². The normalized spacial score (nSPS) is 11.7. The maximum atomic E-state index is 11.1. The number of hydrogen-bond donors (Lipinski definition) is 3. The highest BCUT2D eigenvalue weighted by atomic mass is 32.2. The molecule has 108 valence electrons. The van der Waals surface area contributed by atoms with Crippen LogP contribution in [0.1, 0.15) is 11.4 Å². The molecule has 20 heavy (non-hydrogen) atoms. The Morgan fingerprint density at radius 2 is 2.40 bits per heavy atom. The van der Waals surface area contributed by atoms with Gasteiger partial charge in [0.05, 0.1) is 17.1 Å². The molecule has 6 nitrogen and oxygen atoms in total. The third-order valence-corrected chi connectivity index (χ3v) is 4.22. The van der Waals surface area contributed by atoms with Gasteiger partial charge < -0.3 is 16.0 Å². The quantitative estimate of drug-likeness (QED) is 0.377. The van der Waals surface area contributed by atoms with Gasteiger partial charge >= 0.3 is 0 Å². The van der Waals surface area contributed by atoms with E-state index in [4.69, 9.17) is 11.0 Å². The molecule has 1 rings (SSSR count).